The van der Waals surface area contributed by atoms with E-state index in [9.17, 15) is 10.5 Å². The average molecular weight is 550 g/mol. The topological polar surface area (TPSA) is 78.8 Å². The van der Waals surface area contributed by atoms with Crippen LogP contribution in [0.5, 0.6) is 0 Å². The molecule has 6 aromatic carbocycles. The van der Waals surface area contributed by atoms with E-state index < -0.39 is 0 Å². The highest BCUT2D eigenvalue weighted by atomic mass is 16.4. The number of nitrogens with zero attached hydrogens (tertiary/aromatic N) is 3. The molecule has 9 rings (SSSR count). The lowest BCUT2D eigenvalue weighted by molar-refractivity contribution is 0.633. The van der Waals surface area contributed by atoms with Crippen LogP contribution in [0.2, 0.25) is 0 Å². The van der Waals surface area contributed by atoms with Crippen molar-refractivity contribution in [3.05, 3.63) is 126 Å². The first-order valence-electron chi connectivity index (χ1n) is 14.0. The zero-order chi connectivity index (χ0) is 28.7. The van der Waals surface area contributed by atoms with Gasteiger partial charge in [-0.1, -0.05) is 48.5 Å². The number of nitriles is 2. The average Bonchev–Trinajstić information content (AvgIpc) is 3.73. The van der Waals surface area contributed by atoms with Gasteiger partial charge >= 0.3 is 0 Å². The zero-order valence-corrected chi connectivity index (χ0v) is 22.6. The molecular weight excluding hydrogens is 530 g/mol. The fourth-order valence-electron chi connectivity index (χ4n) is 6.60. The molecule has 5 heteroatoms. The van der Waals surface area contributed by atoms with Gasteiger partial charge in [0.2, 0.25) is 0 Å². The molecule has 0 fully saturated rings. The minimum atomic E-state index is 0.573. The van der Waals surface area contributed by atoms with E-state index in [1.165, 1.54) is 0 Å². The molecule has 3 heterocycles. The Hall–Kier alpha value is -6.30. The van der Waals surface area contributed by atoms with Crippen molar-refractivity contribution in [2.75, 3.05) is 0 Å². The van der Waals surface area contributed by atoms with Gasteiger partial charge in [-0.25, -0.2) is 0 Å². The fraction of sp³-hybridized carbons (Fsp3) is 0. The van der Waals surface area contributed by atoms with Crippen molar-refractivity contribution in [3.8, 4) is 29.0 Å². The summed E-state index contributed by atoms with van der Waals surface area (Å²) in [7, 11) is 0. The predicted octanol–water partition coefficient (Wildman–Crippen LogP) is 9.99. The van der Waals surface area contributed by atoms with Crippen LogP contribution in [0.1, 0.15) is 11.1 Å². The number of furan rings is 2. The van der Waals surface area contributed by atoms with Gasteiger partial charge in [0.05, 0.1) is 40.0 Å². The smallest absolute Gasteiger partial charge is 0.178 e. The van der Waals surface area contributed by atoms with Crippen LogP contribution in [0.4, 0.5) is 0 Å². The molecule has 198 valence electrons. The van der Waals surface area contributed by atoms with Crippen molar-refractivity contribution < 1.29 is 8.83 Å². The van der Waals surface area contributed by atoms with Crippen LogP contribution in [-0.4, -0.2) is 4.57 Å². The monoisotopic (exact) mass is 549 g/mol. The van der Waals surface area contributed by atoms with E-state index in [4.69, 9.17) is 8.83 Å². The lowest BCUT2D eigenvalue weighted by atomic mass is 9.96. The Labute approximate surface area is 244 Å². The molecule has 43 heavy (non-hydrogen) atoms. The summed E-state index contributed by atoms with van der Waals surface area (Å²) in [6.07, 6.45) is 0. The summed E-state index contributed by atoms with van der Waals surface area (Å²) in [5, 5.41) is 25.9. The second-order valence-corrected chi connectivity index (χ2v) is 10.7. The molecule has 0 aliphatic carbocycles. The molecule has 0 aliphatic rings. The summed E-state index contributed by atoms with van der Waals surface area (Å²) >= 11 is 0. The fourth-order valence-corrected chi connectivity index (χ4v) is 6.60. The van der Waals surface area contributed by atoms with Gasteiger partial charge in [0.1, 0.15) is 11.2 Å². The van der Waals surface area contributed by atoms with Crippen molar-refractivity contribution in [2.24, 2.45) is 0 Å². The number of para-hydroxylation sites is 2. The molecule has 0 unspecified atom stereocenters. The molecule has 0 radical (unpaired) electrons. The summed E-state index contributed by atoms with van der Waals surface area (Å²) < 4.78 is 14.8. The van der Waals surface area contributed by atoms with Gasteiger partial charge < -0.3 is 13.4 Å². The Bertz CT molecular complexity index is 2710. The Morgan fingerprint density at radius 2 is 1.23 bits per heavy atom. The first-order chi connectivity index (χ1) is 21.2. The molecule has 0 amide bonds. The third-order valence-corrected chi connectivity index (χ3v) is 8.48. The van der Waals surface area contributed by atoms with Crippen molar-refractivity contribution in [3.63, 3.8) is 0 Å². The van der Waals surface area contributed by atoms with Crippen LogP contribution in [0.25, 0.3) is 82.5 Å². The number of rotatable bonds is 2. The number of aromatic nitrogens is 1. The second kappa shape index (κ2) is 8.60. The number of hydrogen-bond donors (Lipinski definition) is 0. The molecule has 9 aromatic rings. The van der Waals surface area contributed by atoms with Gasteiger partial charge in [-0.2, -0.15) is 10.5 Å². The molecular formula is C38H19N3O2. The van der Waals surface area contributed by atoms with Crippen molar-refractivity contribution in [1.29, 1.82) is 10.5 Å². The molecule has 0 spiro atoms. The van der Waals surface area contributed by atoms with E-state index in [0.29, 0.717) is 16.7 Å². The molecule has 5 nitrogen and oxygen atoms in total. The summed E-state index contributed by atoms with van der Waals surface area (Å²) in [4.78, 5) is 0. The third-order valence-electron chi connectivity index (χ3n) is 8.48. The molecule has 0 atom stereocenters. The molecule has 0 saturated carbocycles. The van der Waals surface area contributed by atoms with Crippen molar-refractivity contribution in [2.45, 2.75) is 0 Å². The quantitative estimate of drug-likeness (QED) is 0.215. The largest absolute Gasteiger partial charge is 0.452 e. The Balaban J connectivity index is 1.34. The van der Waals surface area contributed by atoms with Crippen LogP contribution in [0.15, 0.2) is 124 Å². The normalized spacial score (nSPS) is 11.7. The van der Waals surface area contributed by atoms with E-state index in [1.807, 2.05) is 72.8 Å². The van der Waals surface area contributed by atoms with E-state index in [2.05, 4.69) is 59.2 Å². The number of benzene rings is 6. The maximum atomic E-state index is 10.3. The molecule has 3 aromatic heterocycles. The molecule has 0 aliphatic heterocycles. The highest BCUT2D eigenvalue weighted by molar-refractivity contribution is 6.19. The van der Waals surface area contributed by atoms with Gasteiger partial charge in [-0.15, -0.1) is 0 Å². The second-order valence-electron chi connectivity index (χ2n) is 10.7. The van der Waals surface area contributed by atoms with Gasteiger partial charge in [-0.3, -0.25) is 0 Å². The summed E-state index contributed by atoms with van der Waals surface area (Å²) in [6, 6.07) is 42.8. The van der Waals surface area contributed by atoms with E-state index in [-0.39, 0.29) is 0 Å². The van der Waals surface area contributed by atoms with Crippen LogP contribution < -0.4 is 0 Å². The first kappa shape index (κ1) is 23.4. The van der Waals surface area contributed by atoms with Gasteiger partial charge in [-0.05, 0) is 72.3 Å². The van der Waals surface area contributed by atoms with Crippen LogP contribution >= 0.6 is 0 Å². The standard InChI is InChI=1S/C38H19N3O2/c39-20-22-12-16-32-29(18-22)25-7-1-3-9-31(25)41(32)33-10-5-6-24(21-40)36(33)23-13-17-35-30(19-23)28-15-14-27-26-8-2-4-11-34(26)42-37(27)38(28)43-35/h1-19H. The van der Waals surface area contributed by atoms with Gasteiger partial charge in [0.25, 0.3) is 0 Å². The maximum Gasteiger partial charge on any atom is 0.178 e. The Kier molecular flexibility index (Phi) is 4.68. The molecule has 0 saturated heterocycles. The Morgan fingerprint density at radius 3 is 2.05 bits per heavy atom. The van der Waals surface area contributed by atoms with E-state index in [1.54, 1.807) is 0 Å². The lowest BCUT2D eigenvalue weighted by Crippen LogP contribution is -1.99. The zero-order valence-electron chi connectivity index (χ0n) is 22.6. The van der Waals surface area contributed by atoms with Crippen molar-refractivity contribution >= 4 is 65.7 Å². The minimum Gasteiger partial charge on any atom is -0.452 e. The predicted molar refractivity (Wildman–Crippen MR) is 170 cm³/mol. The van der Waals surface area contributed by atoms with Crippen LogP contribution in [-0.2, 0) is 0 Å². The highest BCUT2D eigenvalue weighted by Gasteiger charge is 2.21. The molecule has 0 bridgehead atoms. The van der Waals surface area contributed by atoms with Crippen molar-refractivity contribution in [1.82, 2.24) is 4.57 Å². The summed E-state index contributed by atoms with van der Waals surface area (Å²) in [6.45, 7) is 0. The third kappa shape index (κ3) is 3.19. The SMILES string of the molecule is N#Cc1ccc2c(c1)c1ccccc1n2-c1cccc(C#N)c1-c1ccc2oc3c(ccc4c5ccccc5oc43)c2c1. The number of hydrogen-bond acceptors (Lipinski definition) is 4. The summed E-state index contributed by atoms with van der Waals surface area (Å²) in [5.74, 6) is 0. The maximum absolute atomic E-state index is 10.3. The highest BCUT2D eigenvalue weighted by Crippen LogP contribution is 2.42. The number of fused-ring (bicyclic) bond motifs is 10. The molecule has 0 N–H and O–H groups in total. The first-order valence-corrected chi connectivity index (χ1v) is 14.0. The minimum absolute atomic E-state index is 0.573. The summed E-state index contributed by atoms with van der Waals surface area (Å²) in [5.41, 5.74) is 8.81. The van der Waals surface area contributed by atoms with Gasteiger partial charge in [0, 0.05) is 37.9 Å². The van der Waals surface area contributed by atoms with Crippen LogP contribution in [0.3, 0.4) is 0 Å². The van der Waals surface area contributed by atoms with E-state index in [0.717, 1.165) is 76.9 Å². The van der Waals surface area contributed by atoms with E-state index >= 15 is 0 Å². The lowest BCUT2D eigenvalue weighted by Gasteiger charge is -2.15. The van der Waals surface area contributed by atoms with Crippen LogP contribution in [0, 0.1) is 22.7 Å². The Morgan fingerprint density at radius 1 is 0.512 bits per heavy atom. The van der Waals surface area contributed by atoms with Gasteiger partial charge in [0.15, 0.2) is 11.2 Å².